The van der Waals surface area contributed by atoms with E-state index in [4.69, 9.17) is 9.47 Å². The van der Waals surface area contributed by atoms with Gasteiger partial charge in [-0.25, -0.2) is 22.0 Å². The lowest BCUT2D eigenvalue weighted by atomic mass is 10.00. The molecule has 4 rings (SSSR count). The summed E-state index contributed by atoms with van der Waals surface area (Å²) >= 11 is 0. The number of rotatable bonds is 7. The Morgan fingerprint density at radius 1 is 0.750 bits per heavy atom. The lowest BCUT2D eigenvalue weighted by Gasteiger charge is -2.29. The zero-order chi connectivity index (χ0) is 29.4. The molecule has 216 valence electrons. The number of halogens is 10. The van der Waals surface area contributed by atoms with Gasteiger partial charge in [-0.1, -0.05) is 25.5 Å². The van der Waals surface area contributed by atoms with Gasteiger partial charge in [0.2, 0.25) is 0 Å². The average molecular weight is 582 g/mol. The second-order valence-corrected chi connectivity index (χ2v) is 9.09. The molecule has 0 saturated carbocycles. The number of alkyl halides is 5. The maximum Gasteiger partial charge on any atom is 0.432 e. The van der Waals surface area contributed by atoms with Gasteiger partial charge in [0, 0.05) is 29.2 Å². The molecule has 1 heterocycles. The highest BCUT2D eigenvalue weighted by molar-refractivity contribution is 5.65. The summed E-state index contributed by atoms with van der Waals surface area (Å²) < 4.78 is 154. The highest BCUT2D eigenvalue weighted by Crippen LogP contribution is 2.40. The summed E-state index contributed by atoms with van der Waals surface area (Å²) in [6.07, 6.45) is -9.47. The van der Waals surface area contributed by atoms with Crippen molar-refractivity contribution in [3.63, 3.8) is 0 Å². The summed E-state index contributed by atoms with van der Waals surface area (Å²) in [6, 6.07) is 3.88. The molecule has 13 heteroatoms. The predicted octanol–water partition coefficient (Wildman–Crippen LogP) is 8.66. The van der Waals surface area contributed by atoms with Gasteiger partial charge in [-0.3, -0.25) is 0 Å². The van der Waals surface area contributed by atoms with Crippen LogP contribution in [0.3, 0.4) is 0 Å². The molecule has 0 amide bonds. The zero-order valence-corrected chi connectivity index (χ0v) is 20.5. The van der Waals surface area contributed by atoms with Crippen molar-refractivity contribution in [3.05, 3.63) is 88.2 Å². The van der Waals surface area contributed by atoms with Crippen LogP contribution in [0.15, 0.2) is 42.5 Å². The Hall–Kier alpha value is -3.32. The molecule has 3 nitrogen and oxygen atoms in total. The minimum atomic E-state index is -5.48. The van der Waals surface area contributed by atoms with E-state index in [1.54, 1.807) is 0 Å². The molecule has 1 aliphatic rings. The molecule has 0 atom stereocenters. The molecule has 0 spiro atoms. The van der Waals surface area contributed by atoms with E-state index >= 15 is 0 Å². The van der Waals surface area contributed by atoms with Crippen molar-refractivity contribution >= 4 is 0 Å². The van der Waals surface area contributed by atoms with Gasteiger partial charge in [-0.15, -0.1) is 0 Å². The van der Waals surface area contributed by atoms with E-state index in [1.807, 2.05) is 6.92 Å². The summed E-state index contributed by atoms with van der Waals surface area (Å²) in [6.45, 7) is 2.79. The molecular weight excluding hydrogens is 562 g/mol. The Kier molecular flexibility index (Phi) is 8.36. The van der Waals surface area contributed by atoms with Gasteiger partial charge >= 0.3 is 12.3 Å². The van der Waals surface area contributed by atoms with E-state index in [0.717, 1.165) is 25.0 Å². The number of ether oxygens (including phenoxy) is 3. The Bertz CT molecular complexity index is 1340. The van der Waals surface area contributed by atoms with Crippen LogP contribution < -0.4 is 4.74 Å². The average Bonchev–Trinajstić information content (AvgIpc) is 2.82. The summed E-state index contributed by atoms with van der Waals surface area (Å²) in [5.41, 5.74) is -4.92. The van der Waals surface area contributed by atoms with Crippen molar-refractivity contribution in [3.8, 4) is 16.9 Å². The second kappa shape index (κ2) is 11.3. The highest BCUT2D eigenvalue weighted by atomic mass is 19.4. The molecule has 0 aromatic heterocycles. The fourth-order valence-corrected chi connectivity index (χ4v) is 4.31. The fourth-order valence-electron chi connectivity index (χ4n) is 4.31. The van der Waals surface area contributed by atoms with Crippen LogP contribution >= 0.6 is 0 Å². The molecule has 3 aromatic carbocycles. The maximum atomic E-state index is 14.9. The van der Waals surface area contributed by atoms with E-state index in [-0.39, 0.29) is 29.2 Å². The van der Waals surface area contributed by atoms with Gasteiger partial charge in [-0.2, -0.15) is 22.0 Å². The van der Waals surface area contributed by atoms with E-state index in [2.05, 4.69) is 4.74 Å². The third kappa shape index (κ3) is 6.20. The van der Waals surface area contributed by atoms with E-state index in [1.165, 1.54) is 6.07 Å². The summed E-state index contributed by atoms with van der Waals surface area (Å²) in [7, 11) is 0. The molecule has 0 radical (unpaired) electrons. The van der Waals surface area contributed by atoms with Crippen molar-refractivity contribution in [2.75, 3.05) is 13.2 Å². The Balaban J connectivity index is 1.57. The first-order chi connectivity index (χ1) is 18.7. The minimum absolute atomic E-state index is 0.189. The third-order valence-corrected chi connectivity index (χ3v) is 6.12. The minimum Gasteiger partial charge on any atom is -0.429 e. The largest absolute Gasteiger partial charge is 0.432 e. The lowest BCUT2D eigenvalue weighted by Crippen LogP contribution is -2.27. The molecule has 0 aliphatic carbocycles. The lowest BCUT2D eigenvalue weighted by molar-refractivity contribution is -0.206. The Labute approximate surface area is 221 Å². The van der Waals surface area contributed by atoms with Crippen molar-refractivity contribution in [1.29, 1.82) is 0 Å². The molecular formula is C27H20F10O3. The molecule has 3 aromatic rings. The van der Waals surface area contributed by atoms with Gasteiger partial charge in [0.05, 0.1) is 13.2 Å². The van der Waals surface area contributed by atoms with Crippen LogP contribution in [-0.2, 0) is 21.8 Å². The normalized spacial score (nSPS) is 18.2. The number of benzene rings is 3. The van der Waals surface area contributed by atoms with Gasteiger partial charge in [-0.05, 0) is 30.2 Å². The molecule has 1 aliphatic heterocycles. The Morgan fingerprint density at radius 2 is 1.30 bits per heavy atom. The third-order valence-electron chi connectivity index (χ3n) is 6.12. The van der Waals surface area contributed by atoms with Crippen molar-refractivity contribution in [2.24, 2.45) is 5.92 Å². The molecule has 0 bridgehead atoms. The highest BCUT2D eigenvalue weighted by Gasteiger charge is 2.43. The van der Waals surface area contributed by atoms with Crippen LogP contribution in [0.4, 0.5) is 43.9 Å². The molecule has 1 fully saturated rings. The monoisotopic (exact) mass is 582 g/mol. The SMILES string of the molecule is CCCC1COC(c2ccc(-c3cc(F)c(C(F)(F)Oc4cc(F)c(C(F)(F)F)c(F)c4)c(F)c3)c(F)c2)OC1. The smallest absolute Gasteiger partial charge is 0.429 e. The molecule has 1 saturated heterocycles. The van der Waals surface area contributed by atoms with Crippen LogP contribution in [0.1, 0.15) is 42.7 Å². The van der Waals surface area contributed by atoms with Crippen molar-refractivity contribution in [1.82, 2.24) is 0 Å². The number of hydrogen-bond donors (Lipinski definition) is 0. The zero-order valence-electron chi connectivity index (χ0n) is 20.5. The van der Waals surface area contributed by atoms with E-state index in [9.17, 15) is 43.9 Å². The van der Waals surface area contributed by atoms with Gasteiger partial charge < -0.3 is 14.2 Å². The first kappa shape index (κ1) is 29.7. The van der Waals surface area contributed by atoms with Gasteiger partial charge in [0.25, 0.3) is 0 Å². The molecule has 0 unspecified atom stereocenters. The summed E-state index contributed by atoms with van der Waals surface area (Å²) in [5.74, 6) is -10.6. The summed E-state index contributed by atoms with van der Waals surface area (Å²) in [5, 5.41) is 0. The van der Waals surface area contributed by atoms with Crippen LogP contribution in [0.5, 0.6) is 5.75 Å². The predicted molar refractivity (Wildman–Crippen MR) is 121 cm³/mol. The maximum absolute atomic E-state index is 14.9. The van der Waals surface area contributed by atoms with Crippen molar-refractivity contribution in [2.45, 2.75) is 38.3 Å². The molecule has 40 heavy (non-hydrogen) atoms. The van der Waals surface area contributed by atoms with Crippen LogP contribution in [0, 0.1) is 35.0 Å². The van der Waals surface area contributed by atoms with Crippen LogP contribution in [0.2, 0.25) is 0 Å². The number of hydrogen-bond acceptors (Lipinski definition) is 3. The van der Waals surface area contributed by atoms with E-state index < -0.39 is 70.1 Å². The summed E-state index contributed by atoms with van der Waals surface area (Å²) in [4.78, 5) is 0. The first-order valence-electron chi connectivity index (χ1n) is 11.9. The topological polar surface area (TPSA) is 27.7 Å². The van der Waals surface area contributed by atoms with Crippen molar-refractivity contribution < 1.29 is 58.1 Å². The van der Waals surface area contributed by atoms with Crippen LogP contribution in [0.25, 0.3) is 11.1 Å². The van der Waals surface area contributed by atoms with Gasteiger partial charge in [0.15, 0.2) is 6.29 Å². The quantitative estimate of drug-likeness (QED) is 0.261. The second-order valence-electron chi connectivity index (χ2n) is 9.09. The van der Waals surface area contributed by atoms with E-state index in [0.29, 0.717) is 25.3 Å². The van der Waals surface area contributed by atoms with Crippen LogP contribution in [-0.4, -0.2) is 13.2 Å². The Morgan fingerprint density at radius 3 is 1.80 bits per heavy atom. The fraction of sp³-hybridized carbons (Fsp3) is 0.333. The standard InChI is InChI=1S/C27H20F10O3/c1-2-3-13-11-38-25(39-12-13)14-4-5-17(18(28)6-14)15-7-19(29)24(20(30)8-15)27(36,37)40-16-9-21(31)23(22(32)10-16)26(33,34)35/h4-10,13,25H,2-3,11-12H2,1H3. The first-order valence-corrected chi connectivity index (χ1v) is 11.9. The van der Waals surface area contributed by atoms with Gasteiger partial charge in [0.1, 0.15) is 46.0 Å². The molecule has 0 N–H and O–H groups in total.